The summed E-state index contributed by atoms with van der Waals surface area (Å²) in [7, 11) is 0. The van der Waals surface area contributed by atoms with Crippen LogP contribution < -0.4 is 16.5 Å². The SMILES string of the molecule is N#C/C(=N\Nc1cccc2c1CCC(=O)N2)C(=N)N. The zero-order valence-corrected chi connectivity index (χ0v) is 10.0. The molecule has 0 bridgehead atoms. The first-order chi connectivity index (χ1) is 9.11. The second-order valence-corrected chi connectivity index (χ2v) is 3.98. The first-order valence-corrected chi connectivity index (χ1v) is 5.61. The monoisotopic (exact) mass is 256 g/mol. The Bertz CT molecular complexity index is 613. The van der Waals surface area contributed by atoms with Crippen molar-refractivity contribution in [3.8, 4) is 6.07 Å². The molecule has 7 nitrogen and oxygen atoms in total. The molecule has 0 unspecified atom stereocenters. The van der Waals surface area contributed by atoms with Crippen LogP contribution in [0.3, 0.4) is 0 Å². The van der Waals surface area contributed by atoms with Crippen LogP contribution in [0.4, 0.5) is 11.4 Å². The van der Waals surface area contributed by atoms with Gasteiger partial charge in [-0.05, 0) is 18.6 Å². The summed E-state index contributed by atoms with van der Waals surface area (Å²) in [5.41, 5.74) is 10.1. The number of hydrazone groups is 1. The molecule has 1 aromatic rings. The van der Waals surface area contributed by atoms with Gasteiger partial charge in [0.1, 0.15) is 6.07 Å². The third-order valence-corrected chi connectivity index (χ3v) is 2.70. The Morgan fingerprint density at radius 3 is 3.00 bits per heavy atom. The molecule has 0 radical (unpaired) electrons. The number of nitriles is 1. The molecule has 1 aromatic carbocycles. The number of amidine groups is 1. The van der Waals surface area contributed by atoms with E-state index in [1.165, 1.54) is 0 Å². The average Bonchev–Trinajstić information content (AvgIpc) is 2.38. The number of nitrogens with zero attached hydrogens (tertiary/aromatic N) is 2. The molecule has 1 aliphatic rings. The number of amides is 1. The van der Waals surface area contributed by atoms with E-state index in [0.717, 1.165) is 11.3 Å². The highest BCUT2D eigenvalue weighted by molar-refractivity contribution is 6.45. The van der Waals surface area contributed by atoms with Crippen LogP contribution in [-0.2, 0) is 11.2 Å². The second kappa shape index (κ2) is 5.18. The van der Waals surface area contributed by atoms with Crippen LogP contribution in [0.15, 0.2) is 23.3 Å². The molecule has 1 aliphatic heterocycles. The Balaban J connectivity index is 2.28. The molecular weight excluding hydrogens is 244 g/mol. The number of carbonyl (C=O) groups is 1. The van der Waals surface area contributed by atoms with E-state index in [0.29, 0.717) is 18.5 Å². The summed E-state index contributed by atoms with van der Waals surface area (Å²) in [5.74, 6) is -0.414. The minimum atomic E-state index is -0.395. The maximum Gasteiger partial charge on any atom is 0.224 e. The van der Waals surface area contributed by atoms with Gasteiger partial charge in [0.15, 0.2) is 5.84 Å². The largest absolute Gasteiger partial charge is 0.382 e. The topological polar surface area (TPSA) is 127 Å². The molecule has 2 rings (SSSR count). The van der Waals surface area contributed by atoms with Gasteiger partial charge in [-0.15, -0.1) is 0 Å². The van der Waals surface area contributed by atoms with E-state index < -0.39 is 5.84 Å². The molecule has 0 saturated carbocycles. The molecule has 0 saturated heterocycles. The van der Waals surface area contributed by atoms with Gasteiger partial charge in [0.25, 0.3) is 0 Å². The Morgan fingerprint density at radius 2 is 2.32 bits per heavy atom. The summed E-state index contributed by atoms with van der Waals surface area (Å²) >= 11 is 0. The molecule has 1 amide bonds. The van der Waals surface area contributed by atoms with Crippen molar-refractivity contribution >= 4 is 28.8 Å². The fourth-order valence-electron chi connectivity index (χ4n) is 1.79. The lowest BCUT2D eigenvalue weighted by Crippen LogP contribution is -2.22. The van der Waals surface area contributed by atoms with Crippen LogP contribution in [0, 0.1) is 16.7 Å². The van der Waals surface area contributed by atoms with E-state index in [-0.39, 0.29) is 11.6 Å². The summed E-state index contributed by atoms with van der Waals surface area (Å²) in [6.07, 6.45) is 1.01. The molecule has 96 valence electrons. The van der Waals surface area contributed by atoms with Crippen molar-refractivity contribution in [2.75, 3.05) is 10.7 Å². The Hall–Kier alpha value is -2.88. The highest BCUT2D eigenvalue weighted by Gasteiger charge is 2.17. The standard InChI is InChI=1S/C12H12N6O/c13-6-10(12(14)15)18-17-9-3-1-2-8-7(9)4-5-11(19)16-8/h1-3,17H,4-5H2,(H3,14,15)(H,16,19)/b18-10+. The Morgan fingerprint density at radius 1 is 1.53 bits per heavy atom. The number of anilines is 2. The molecule has 0 aromatic heterocycles. The van der Waals surface area contributed by atoms with Gasteiger partial charge >= 0.3 is 0 Å². The molecule has 7 heteroatoms. The van der Waals surface area contributed by atoms with E-state index >= 15 is 0 Å². The quantitative estimate of drug-likeness (QED) is 0.362. The van der Waals surface area contributed by atoms with E-state index in [9.17, 15) is 4.79 Å². The van der Waals surface area contributed by atoms with Crippen molar-refractivity contribution in [2.24, 2.45) is 10.8 Å². The Labute approximate surface area is 109 Å². The van der Waals surface area contributed by atoms with Crippen molar-refractivity contribution in [1.29, 1.82) is 10.7 Å². The summed E-state index contributed by atoms with van der Waals surface area (Å²) in [5, 5.41) is 22.5. The summed E-state index contributed by atoms with van der Waals surface area (Å²) in [6.45, 7) is 0. The average molecular weight is 256 g/mol. The lowest BCUT2D eigenvalue weighted by atomic mass is 10.0. The zero-order chi connectivity index (χ0) is 13.8. The number of carbonyl (C=O) groups excluding carboxylic acids is 1. The highest BCUT2D eigenvalue weighted by atomic mass is 16.1. The third-order valence-electron chi connectivity index (χ3n) is 2.70. The van der Waals surface area contributed by atoms with Gasteiger partial charge in [0.05, 0.1) is 5.69 Å². The number of hydrogen-bond donors (Lipinski definition) is 4. The third kappa shape index (κ3) is 2.69. The summed E-state index contributed by atoms with van der Waals surface area (Å²) in [4.78, 5) is 11.3. The lowest BCUT2D eigenvalue weighted by molar-refractivity contribution is -0.116. The minimum Gasteiger partial charge on any atom is -0.382 e. The van der Waals surface area contributed by atoms with E-state index in [1.54, 1.807) is 24.3 Å². The number of nitrogens with one attached hydrogen (secondary N) is 3. The fraction of sp³-hybridized carbons (Fsp3) is 0.167. The number of rotatable bonds is 3. The molecule has 0 aliphatic carbocycles. The molecule has 0 spiro atoms. The molecule has 19 heavy (non-hydrogen) atoms. The maximum atomic E-state index is 11.3. The number of hydrogen-bond acceptors (Lipinski definition) is 5. The summed E-state index contributed by atoms with van der Waals surface area (Å²) in [6, 6.07) is 7.08. The second-order valence-electron chi connectivity index (χ2n) is 3.98. The van der Waals surface area contributed by atoms with E-state index in [2.05, 4.69) is 15.8 Å². The van der Waals surface area contributed by atoms with Crippen LogP contribution in [-0.4, -0.2) is 17.5 Å². The van der Waals surface area contributed by atoms with Crippen LogP contribution in [0.2, 0.25) is 0 Å². The maximum absolute atomic E-state index is 11.3. The smallest absolute Gasteiger partial charge is 0.224 e. The predicted molar refractivity (Wildman–Crippen MR) is 72.0 cm³/mol. The van der Waals surface area contributed by atoms with Crippen LogP contribution >= 0.6 is 0 Å². The van der Waals surface area contributed by atoms with Crippen molar-refractivity contribution < 1.29 is 4.79 Å². The Kier molecular flexibility index (Phi) is 3.43. The van der Waals surface area contributed by atoms with E-state index in [4.69, 9.17) is 16.4 Å². The van der Waals surface area contributed by atoms with Crippen LogP contribution in [0.1, 0.15) is 12.0 Å². The van der Waals surface area contributed by atoms with Crippen molar-refractivity contribution in [1.82, 2.24) is 0 Å². The normalized spacial score (nSPS) is 14.1. The number of benzene rings is 1. The predicted octanol–water partition coefficient (Wildman–Crippen LogP) is 0.799. The fourth-order valence-corrected chi connectivity index (χ4v) is 1.79. The first kappa shape index (κ1) is 12.6. The molecule has 0 atom stereocenters. The van der Waals surface area contributed by atoms with Gasteiger partial charge in [-0.1, -0.05) is 6.07 Å². The molecule has 0 fully saturated rings. The van der Waals surface area contributed by atoms with E-state index in [1.807, 2.05) is 0 Å². The minimum absolute atomic E-state index is 0.0189. The highest BCUT2D eigenvalue weighted by Crippen LogP contribution is 2.29. The lowest BCUT2D eigenvalue weighted by Gasteiger charge is -2.19. The molecule has 5 N–H and O–H groups in total. The van der Waals surface area contributed by atoms with Gasteiger partial charge in [-0.3, -0.25) is 15.6 Å². The van der Waals surface area contributed by atoms with Crippen LogP contribution in [0.5, 0.6) is 0 Å². The van der Waals surface area contributed by atoms with Gasteiger partial charge in [0, 0.05) is 17.7 Å². The zero-order valence-electron chi connectivity index (χ0n) is 10.0. The van der Waals surface area contributed by atoms with Crippen LogP contribution in [0.25, 0.3) is 0 Å². The number of nitrogens with two attached hydrogens (primary N) is 1. The van der Waals surface area contributed by atoms with Crippen molar-refractivity contribution in [2.45, 2.75) is 12.8 Å². The van der Waals surface area contributed by atoms with Gasteiger partial charge in [0.2, 0.25) is 11.6 Å². The molecule has 1 heterocycles. The van der Waals surface area contributed by atoms with Gasteiger partial charge in [-0.25, -0.2) is 0 Å². The number of fused-ring (bicyclic) bond motifs is 1. The first-order valence-electron chi connectivity index (χ1n) is 5.61. The van der Waals surface area contributed by atoms with Gasteiger partial charge in [-0.2, -0.15) is 10.4 Å². The van der Waals surface area contributed by atoms with Crippen molar-refractivity contribution in [3.63, 3.8) is 0 Å². The molecular formula is C12H12N6O. The summed E-state index contributed by atoms with van der Waals surface area (Å²) < 4.78 is 0. The van der Waals surface area contributed by atoms with Gasteiger partial charge < -0.3 is 11.1 Å². The van der Waals surface area contributed by atoms with Crippen molar-refractivity contribution in [3.05, 3.63) is 23.8 Å².